The molecule has 1 aliphatic rings. The Morgan fingerprint density at radius 3 is 2.24 bits per heavy atom. The number of carbonyl (C=O) groups is 2. The Labute approximate surface area is 102 Å². The molecule has 5 nitrogen and oxygen atoms in total. The topological polar surface area (TPSA) is 69.6 Å². The Hall–Kier alpha value is -1.10. The maximum Gasteiger partial charge on any atom is 0.319 e. The highest BCUT2D eigenvalue weighted by Crippen LogP contribution is 2.41. The lowest BCUT2D eigenvalue weighted by Crippen LogP contribution is -2.52. The van der Waals surface area contributed by atoms with Crippen molar-refractivity contribution in [2.45, 2.75) is 33.1 Å². The number of carboxylic acid groups (broad SMARTS) is 1. The maximum absolute atomic E-state index is 11.8. The van der Waals surface area contributed by atoms with Crippen LogP contribution in [-0.4, -0.2) is 48.1 Å². The Morgan fingerprint density at radius 1 is 1.29 bits per heavy atom. The van der Waals surface area contributed by atoms with Crippen LogP contribution in [0.1, 0.15) is 33.1 Å². The zero-order valence-electron chi connectivity index (χ0n) is 10.7. The van der Waals surface area contributed by atoms with Gasteiger partial charge in [0.25, 0.3) is 0 Å². The molecule has 0 aromatic rings. The minimum Gasteiger partial charge on any atom is -0.480 e. The minimum absolute atomic E-state index is 0.316. The first kappa shape index (κ1) is 14.0. The number of hydrogen-bond donors (Lipinski definition) is 2. The lowest BCUT2D eigenvalue weighted by Gasteiger charge is -2.36. The second kappa shape index (κ2) is 6.00. The summed E-state index contributed by atoms with van der Waals surface area (Å²) in [5.74, 6) is -1.30. The molecule has 2 N–H and O–H groups in total. The smallest absolute Gasteiger partial charge is 0.319 e. The van der Waals surface area contributed by atoms with E-state index in [0.717, 1.165) is 26.1 Å². The third kappa shape index (κ3) is 2.97. The van der Waals surface area contributed by atoms with Gasteiger partial charge in [-0.3, -0.25) is 9.59 Å². The molecule has 1 rings (SSSR count). The molecule has 0 saturated heterocycles. The summed E-state index contributed by atoms with van der Waals surface area (Å²) in [5.41, 5.74) is -1.14. The lowest BCUT2D eigenvalue weighted by molar-refractivity contribution is -0.162. The number of likely N-dealkylation sites (N-methyl/N-ethyl adjacent to an activating group) is 1. The van der Waals surface area contributed by atoms with Crippen molar-refractivity contribution in [1.29, 1.82) is 0 Å². The van der Waals surface area contributed by atoms with Gasteiger partial charge in [0.05, 0.1) is 0 Å². The van der Waals surface area contributed by atoms with Crippen molar-refractivity contribution in [3.05, 3.63) is 0 Å². The number of carbonyl (C=O) groups excluding carboxylic acids is 1. The number of amides is 1. The molecular formula is C12H22N2O3. The maximum atomic E-state index is 11.8. The number of aliphatic carboxylic acids is 1. The first-order chi connectivity index (χ1) is 8.06. The standard InChI is InChI=1S/C12H22N2O3/c1-3-14(4-2)9-8-13-10(15)12(11(16)17)6-5-7-12/h3-9H2,1-2H3,(H,13,15)(H,16,17). The van der Waals surface area contributed by atoms with Crippen LogP contribution in [-0.2, 0) is 9.59 Å². The first-order valence-corrected chi connectivity index (χ1v) is 6.31. The van der Waals surface area contributed by atoms with E-state index in [4.69, 9.17) is 5.11 Å². The average Bonchev–Trinajstić information content (AvgIpc) is 2.22. The van der Waals surface area contributed by atoms with Gasteiger partial charge in [-0.2, -0.15) is 0 Å². The third-order valence-corrected chi connectivity index (χ3v) is 3.66. The van der Waals surface area contributed by atoms with Gasteiger partial charge in [-0.1, -0.05) is 20.3 Å². The van der Waals surface area contributed by atoms with Crippen molar-refractivity contribution in [3.8, 4) is 0 Å². The van der Waals surface area contributed by atoms with E-state index in [1.54, 1.807) is 0 Å². The number of hydrogen-bond acceptors (Lipinski definition) is 3. The van der Waals surface area contributed by atoms with Crippen LogP contribution < -0.4 is 5.32 Å². The van der Waals surface area contributed by atoms with E-state index in [9.17, 15) is 9.59 Å². The Kier molecular flexibility index (Phi) is 4.93. The molecular weight excluding hydrogens is 220 g/mol. The van der Waals surface area contributed by atoms with E-state index >= 15 is 0 Å². The van der Waals surface area contributed by atoms with Gasteiger partial charge in [0, 0.05) is 13.1 Å². The van der Waals surface area contributed by atoms with E-state index < -0.39 is 11.4 Å². The van der Waals surface area contributed by atoms with Crippen molar-refractivity contribution >= 4 is 11.9 Å². The van der Waals surface area contributed by atoms with Crippen LogP contribution in [0.25, 0.3) is 0 Å². The third-order valence-electron chi connectivity index (χ3n) is 3.66. The van der Waals surface area contributed by atoms with Crippen LogP contribution >= 0.6 is 0 Å². The number of nitrogens with one attached hydrogen (secondary N) is 1. The van der Waals surface area contributed by atoms with Crippen molar-refractivity contribution in [1.82, 2.24) is 10.2 Å². The van der Waals surface area contributed by atoms with Crippen LogP contribution in [0.15, 0.2) is 0 Å². The molecule has 0 aromatic carbocycles. The predicted molar refractivity (Wildman–Crippen MR) is 64.7 cm³/mol. The second-order valence-corrected chi connectivity index (χ2v) is 4.52. The molecule has 0 bridgehead atoms. The van der Waals surface area contributed by atoms with Crippen molar-refractivity contribution in [3.63, 3.8) is 0 Å². The van der Waals surface area contributed by atoms with Crippen LogP contribution in [0.2, 0.25) is 0 Å². The summed E-state index contributed by atoms with van der Waals surface area (Å²) in [6.45, 7) is 7.31. The SMILES string of the molecule is CCN(CC)CCNC(=O)C1(C(=O)O)CCC1. The van der Waals surface area contributed by atoms with Gasteiger partial charge < -0.3 is 15.3 Å². The van der Waals surface area contributed by atoms with Gasteiger partial charge in [0.2, 0.25) is 5.91 Å². The van der Waals surface area contributed by atoms with E-state index in [0.29, 0.717) is 19.4 Å². The highest BCUT2D eigenvalue weighted by molar-refractivity contribution is 6.02. The van der Waals surface area contributed by atoms with Gasteiger partial charge >= 0.3 is 5.97 Å². The van der Waals surface area contributed by atoms with Crippen molar-refractivity contribution in [2.75, 3.05) is 26.2 Å². The van der Waals surface area contributed by atoms with Crippen LogP contribution in [0.3, 0.4) is 0 Å². The summed E-state index contributed by atoms with van der Waals surface area (Å²) in [5, 5.41) is 11.8. The molecule has 0 spiro atoms. The highest BCUT2D eigenvalue weighted by atomic mass is 16.4. The summed E-state index contributed by atoms with van der Waals surface area (Å²) in [7, 11) is 0. The molecule has 5 heteroatoms. The summed E-state index contributed by atoms with van der Waals surface area (Å²) >= 11 is 0. The molecule has 0 atom stereocenters. The fourth-order valence-electron chi connectivity index (χ4n) is 2.10. The molecule has 1 saturated carbocycles. The Morgan fingerprint density at radius 2 is 1.88 bits per heavy atom. The molecule has 17 heavy (non-hydrogen) atoms. The molecule has 98 valence electrons. The lowest BCUT2D eigenvalue weighted by atomic mass is 9.68. The first-order valence-electron chi connectivity index (χ1n) is 6.31. The van der Waals surface area contributed by atoms with Gasteiger partial charge in [-0.15, -0.1) is 0 Å². The quantitative estimate of drug-likeness (QED) is 0.645. The molecule has 0 aliphatic heterocycles. The normalized spacial score (nSPS) is 17.6. The minimum atomic E-state index is -1.14. The summed E-state index contributed by atoms with van der Waals surface area (Å²) in [6, 6.07) is 0. The number of rotatable bonds is 7. The van der Waals surface area contributed by atoms with Gasteiger partial charge in [0.15, 0.2) is 0 Å². The molecule has 1 fully saturated rings. The molecule has 0 heterocycles. The molecule has 1 amide bonds. The monoisotopic (exact) mass is 242 g/mol. The predicted octanol–water partition coefficient (Wildman–Crippen LogP) is 0.699. The van der Waals surface area contributed by atoms with E-state index in [2.05, 4.69) is 24.1 Å². The number of nitrogens with zero attached hydrogens (tertiary/aromatic N) is 1. The molecule has 0 unspecified atom stereocenters. The molecule has 0 radical (unpaired) electrons. The zero-order chi connectivity index (χ0) is 12.9. The molecule has 0 aromatic heterocycles. The summed E-state index contributed by atoms with van der Waals surface area (Å²) in [4.78, 5) is 25.1. The Balaban J connectivity index is 2.36. The van der Waals surface area contributed by atoms with Crippen molar-refractivity contribution < 1.29 is 14.7 Å². The van der Waals surface area contributed by atoms with Gasteiger partial charge in [-0.05, 0) is 25.9 Å². The average molecular weight is 242 g/mol. The summed E-state index contributed by atoms with van der Waals surface area (Å²) < 4.78 is 0. The van der Waals surface area contributed by atoms with E-state index in [-0.39, 0.29) is 5.91 Å². The highest BCUT2D eigenvalue weighted by Gasteiger charge is 2.50. The molecule has 1 aliphatic carbocycles. The van der Waals surface area contributed by atoms with Crippen molar-refractivity contribution in [2.24, 2.45) is 5.41 Å². The van der Waals surface area contributed by atoms with Crippen LogP contribution in [0.4, 0.5) is 0 Å². The van der Waals surface area contributed by atoms with Crippen LogP contribution in [0, 0.1) is 5.41 Å². The van der Waals surface area contributed by atoms with Gasteiger partial charge in [-0.25, -0.2) is 0 Å². The second-order valence-electron chi connectivity index (χ2n) is 4.52. The van der Waals surface area contributed by atoms with E-state index in [1.807, 2.05) is 0 Å². The number of carboxylic acids is 1. The Bertz CT molecular complexity index is 283. The van der Waals surface area contributed by atoms with Crippen LogP contribution in [0.5, 0.6) is 0 Å². The fourth-order valence-corrected chi connectivity index (χ4v) is 2.10. The summed E-state index contributed by atoms with van der Waals surface area (Å²) in [6.07, 6.45) is 1.77. The van der Waals surface area contributed by atoms with E-state index in [1.165, 1.54) is 0 Å². The van der Waals surface area contributed by atoms with Gasteiger partial charge in [0.1, 0.15) is 5.41 Å². The largest absolute Gasteiger partial charge is 0.480 e. The fraction of sp³-hybridized carbons (Fsp3) is 0.833. The zero-order valence-corrected chi connectivity index (χ0v) is 10.7.